The highest BCUT2D eigenvalue weighted by atomic mass is 16.5. The van der Waals surface area contributed by atoms with Gasteiger partial charge < -0.3 is 31.3 Å². The summed E-state index contributed by atoms with van der Waals surface area (Å²) in [6.45, 7) is 10.8. The summed E-state index contributed by atoms with van der Waals surface area (Å²) in [6, 6.07) is 0.533. The average Bonchev–Trinajstić information content (AvgIpc) is 3.26. The second kappa shape index (κ2) is 12.8. The van der Waals surface area contributed by atoms with Gasteiger partial charge in [0.25, 0.3) is 0 Å². The fraction of sp³-hybridized carbons (Fsp3) is 0.968. The molecule has 4 aliphatic rings. The normalized spacial score (nSPS) is 43.1. The molecule has 0 spiro atoms. The third-order valence-electron chi connectivity index (χ3n) is 12.1. The van der Waals surface area contributed by atoms with Crippen molar-refractivity contribution < 1.29 is 19.7 Å². The lowest BCUT2D eigenvalue weighted by Gasteiger charge is -2.63. The summed E-state index contributed by atoms with van der Waals surface area (Å²) < 4.78 is 4.88. The molecular formula is C31H57N3O4. The van der Waals surface area contributed by atoms with E-state index in [9.17, 15) is 15.0 Å². The molecule has 220 valence electrons. The predicted octanol–water partition coefficient (Wildman–Crippen LogP) is 3.46. The molecule has 4 saturated carbocycles. The van der Waals surface area contributed by atoms with Gasteiger partial charge in [-0.3, -0.25) is 4.79 Å². The number of fused-ring (bicyclic) bond motifs is 5. The molecule has 4 unspecified atom stereocenters. The monoisotopic (exact) mass is 535 g/mol. The first kappa shape index (κ1) is 30.2. The van der Waals surface area contributed by atoms with Gasteiger partial charge in [0.05, 0.1) is 19.3 Å². The first-order valence-electron chi connectivity index (χ1n) is 15.7. The van der Waals surface area contributed by atoms with E-state index in [1.807, 2.05) is 0 Å². The Balaban J connectivity index is 1.38. The summed E-state index contributed by atoms with van der Waals surface area (Å²) >= 11 is 0. The van der Waals surface area contributed by atoms with Crippen molar-refractivity contribution in [2.75, 3.05) is 33.3 Å². The molecular weight excluding hydrogens is 478 g/mol. The Bertz CT molecular complexity index is 782. The van der Waals surface area contributed by atoms with Crippen LogP contribution >= 0.6 is 0 Å². The van der Waals surface area contributed by atoms with Crippen molar-refractivity contribution in [2.24, 2.45) is 52.1 Å². The molecule has 4 fully saturated rings. The number of hydrogen-bond acceptors (Lipinski definition) is 7. The SMILES string of the molecule is COC(=O)CC[C@@H](C)C1CCC2C3C(C[C@H](O)[C@@]21C)[C@@]1(C)CC[C@H](NCCCNCCCN)C[C@H]1C[C@H]3O. The number of aliphatic hydroxyl groups is 2. The summed E-state index contributed by atoms with van der Waals surface area (Å²) in [6.07, 6.45) is 10.2. The number of carbonyl (C=O) groups excluding carboxylic acids is 1. The number of methoxy groups -OCH3 is 1. The van der Waals surface area contributed by atoms with Crippen LogP contribution in [0.2, 0.25) is 0 Å². The van der Waals surface area contributed by atoms with E-state index in [1.54, 1.807) is 0 Å². The van der Waals surface area contributed by atoms with E-state index >= 15 is 0 Å². The minimum absolute atomic E-state index is 0.147. The van der Waals surface area contributed by atoms with Crippen LogP contribution < -0.4 is 16.4 Å². The van der Waals surface area contributed by atoms with Gasteiger partial charge in [0, 0.05) is 12.5 Å². The zero-order chi connectivity index (χ0) is 27.5. The van der Waals surface area contributed by atoms with Crippen molar-refractivity contribution in [2.45, 2.75) is 110 Å². The van der Waals surface area contributed by atoms with Gasteiger partial charge in [-0.25, -0.2) is 0 Å². The predicted molar refractivity (Wildman–Crippen MR) is 151 cm³/mol. The van der Waals surface area contributed by atoms with Gasteiger partial charge >= 0.3 is 5.97 Å². The summed E-state index contributed by atoms with van der Waals surface area (Å²) in [5.74, 6) is 2.14. The van der Waals surface area contributed by atoms with Crippen molar-refractivity contribution in [3.63, 3.8) is 0 Å². The minimum Gasteiger partial charge on any atom is -0.469 e. The topological polar surface area (TPSA) is 117 Å². The van der Waals surface area contributed by atoms with Crippen molar-refractivity contribution in [1.82, 2.24) is 10.6 Å². The fourth-order valence-electron chi connectivity index (χ4n) is 9.86. The van der Waals surface area contributed by atoms with Crippen LogP contribution in [0.3, 0.4) is 0 Å². The smallest absolute Gasteiger partial charge is 0.305 e. The molecule has 4 rings (SSSR count). The number of esters is 1. The standard InChI is InChI=1S/C31H57N3O4/c1-20(7-10-28(37)38-4)23-8-9-24-29-25(19-27(36)31(23,24)3)30(2)12-11-22(17-21(30)18-26(29)35)34-16-6-15-33-14-5-13-32/h20-27,29,33-36H,5-19,32H2,1-4H3/t20-,21+,22+,23?,24?,25?,26-,27+,29?,30+,31-/m1/s1. The highest BCUT2D eigenvalue weighted by molar-refractivity contribution is 5.69. The van der Waals surface area contributed by atoms with E-state index in [2.05, 4.69) is 31.4 Å². The number of carbonyl (C=O) groups is 1. The molecule has 6 N–H and O–H groups in total. The van der Waals surface area contributed by atoms with Crippen molar-refractivity contribution >= 4 is 5.97 Å². The Hall–Kier alpha value is -0.730. The van der Waals surface area contributed by atoms with Crippen molar-refractivity contribution in [1.29, 1.82) is 0 Å². The molecule has 0 amide bonds. The lowest BCUT2D eigenvalue weighted by Crippen LogP contribution is -2.62. The average molecular weight is 536 g/mol. The summed E-state index contributed by atoms with van der Waals surface area (Å²) in [7, 11) is 1.45. The molecule has 0 aliphatic heterocycles. The fourth-order valence-corrected chi connectivity index (χ4v) is 9.86. The Kier molecular flexibility index (Phi) is 10.2. The van der Waals surface area contributed by atoms with E-state index in [1.165, 1.54) is 20.0 Å². The van der Waals surface area contributed by atoms with Crippen LogP contribution in [-0.2, 0) is 9.53 Å². The molecule has 0 aromatic rings. The van der Waals surface area contributed by atoms with Gasteiger partial charge in [0.1, 0.15) is 0 Å². The van der Waals surface area contributed by atoms with Gasteiger partial charge in [-0.05, 0) is 137 Å². The van der Waals surface area contributed by atoms with Crippen LogP contribution in [0, 0.1) is 46.3 Å². The van der Waals surface area contributed by atoms with E-state index < -0.39 is 0 Å². The summed E-state index contributed by atoms with van der Waals surface area (Å²) in [5, 5.41) is 30.7. The maximum absolute atomic E-state index is 11.8. The Morgan fingerprint density at radius 1 is 1.05 bits per heavy atom. The minimum atomic E-state index is -0.341. The molecule has 11 atom stereocenters. The molecule has 4 aliphatic carbocycles. The van der Waals surface area contributed by atoms with E-state index in [-0.39, 0.29) is 34.9 Å². The van der Waals surface area contributed by atoms with Crippen LogP contribution in [-0.4, -0.2) is 67.7 Å². The summed E-state index contributed by atoms with van der Waals surface area (Å²) in [4.78, 5) is 11.8. The second-order valence-electron chi connectivity index (χ2n) is 13.9. The molecule has 0 heterocycles. The Morgan fingerprint density at radius 3 is 2.55 bits per heavy atom. The van der Waals surface area contributed by atoms with Gasteiger partial charge in [-0.15, -0.1) is 0 Å². The molecule has 7 nitrogen and oxygen atoms in total. The number of ether oxygens (including phenoxy) is 1. The van der Waals surface area contributed by atoms with Gasteiger partial charge in [-0.2, -0.15) is 0 Å². The quantitative estimate of drug-likeness (QED) is 0.192. The van der Waals surface area contributed by atoms with Crippen LogP contribution in [0.15, 0.2) is 0 Å². The number of aliphatic hydroxyl groups excluding tert-OH is 2. The molecule has 0 aromatic heterocycles. The highest BCUT2D eigenvalue weighted by Gasteiger charge is 2.65. The Labute approximate surface area is 231 Å². The maximum atomic E-state index is 11.8. The molecule has 0 bridgehead atoms. The third-order valence-corrected chi connectivity index (χ3v) is 12.1. The van der Waals surface area contributed by atoms with Crippen LogP contribution in [0.5, 0.6) is 0 Å². The van der Waals surface area contributed by atoms with Gasteiger partial charge in [-0.1, -0.05) is 20.8 Å². The van der Waals surface area contributed by atoms with Gasteiger partial charge in [0.15, 0.2) is 0 Å². The number of nitrogens with one attached hydrogen (secondary N) is 2. The van der Waals surface area contributed by atoms with E-state index in [0.29, 0.717) is 42.1 Å². The lowest BCUT2D eigenvalue weighted by atomic mass is 9.43. The third kappa shape index (κ3) is 5.83. The first-order valence-corrected chi connectivity index (χ1v) is 15.7. The second-order valence-corrected chi connectivity index (χ2v) is 13.9. The van der Waals surface area contributed by atoms with Crippen molar-refractivity contribution in [3.8, 4) is 0 Å². The molecule has 0 saturated heterocycles. The molecule has 7 heteroatoms. The number of nitrogens with two attached hydrogens (primary N) is 1. The largest absolute Gasteiger partial charge is 0.469 e. The zero-order valence-corrected chi connectivity index (χ0v) is 24.6. The highest BCUT2D eigenvalue weighted by Crippen LogP contribution is 2.68. The zero-order valence-electron chi connectivity index (χ0n) is 24.6. The molecule has 38 heavy (non-hydrogen) atoms. The molecule has 0 aromatic carbocycles. The van der Waals surface area contributed by atoms with Gasteiger partial charge in [0.2, 0.25) is 0 Å². The van der Waals surface area contributed by atoms with Crippen LogP contribution in [0.25, 0.3) is 0 Å². The Morgan fingerprint density at radius 2 is 1.82 bits per heavy atom. The lowest BCUT2D eigenvalue weighted by molar-refractivity contribution is -0.202. The van der Waals surface area contributed by atoms with Crippen LogP contribution in [0.1, 0.15) is 91.4 Å². The van der Waals surface area contributed by atoms with Crippen molar-refractivity contribution in [3.05, 3.63) is 0 Å². The summed E-state index contributed by atoms with van der Waals surface area (Å²) in [5.41, 5.74) is 5.58. The molecule has 0 radical (unpaired) electrons. The maximum Gasteiger partial charge on any atom is 0.305 e. The number of hydrogen-bond donors (Lipinski definition) is 5. The van der Waals surface area contributed by atoms with E-state index in [4.69, 9.17) is 10.5 Å². The van der Waals surface area contributed by atoms with E-state index in [0.717, 1.165) is 77.5 Å². The van der Waals surface area contributed by atoms with Crippen LogP contribution in [0.4, 0.5) is 0 Å². The first-order chi connectivity index (χ1) is 18.2. The number of rotatable bonds is 12.